The Labute approximate surface area is 149 Å². The molecule has 4 aromatic heterocycles. The molecule has 1 amide bonds. The number of aromatic nitrogens is 3. The molecule has 138 valence electrons. The van der Waals surface area contributed by atoms with E-state index in [4.69, 9.17) is 8.83 Å². The molecule has 0 aliphatic rings. The molecule has 27 heavy (non-hydrogen) atoms. The number of fused-ring (bicyclic) bond motifs is 1. The van der Waals surface area contributed by atoms with Gasteiger partial charge in [0.15, 0.2) is 22.8 Å². The van der Waals surface area contributed by atoms with Crippen LogP contribution in [-0.4, -0.2) is 20.5 Å². The van der Waals surface area contributed by atoms with Gasteiger partial charge in [-0.3, -0.25) is 4.79 Å². The van der Waals surface area contributed by atoms with Gasteiger partial charge in [0.05, 0.1) is 19.1 Å². The molecule has 0 bridgehead atoms. The molecule has 0 saturated carbocycles. The molecule has 0 radical (unpaired) electrons. The summed E-state index contributed by atoms with van der Waals surface area (Å²) in [5, 5.41) is 6.29. The topological polar surface area (TPSA) is 85.6 Å². The van der Waals surface area contributed by atoms with Crippen LogP contribution in [0.3, 0.4) is 0 Å². The van der Waals surface area contributed by atoms with Gasteiger partial charge >= 0.3 is 6.18 Å². The van der Waals surface area contributed by atoms with E-state index < -0.39 is 17.8 Å². The van der Waals surface area contributed by atoms with E-state index in [0.29, 0.717) is 10.3 Å². The van der Waals surface area contributed by atoms with Crippen molar-refractivity contribution in [2.24, 2.45) is 0 Å². The molecule has 0 fully saturated rings. The average molecular weight is 376 g/mol. The van der Waals surface area contributed by atoms with Crippen LogP contribution in [0.1, 0.15) is 21.9 Å². The van der Waals surface area contributed by atoms with Crippen LogP contribution in [0.5, 0.6) is 0 Å². The van der Waals surface area contributed by atoms with Crippen molar-refractivity contribution in [1.29, 1.82) is 0 Å². The van der Waals surface area contributed by atoms with Crippen molar-refractivity contribution in [3.05, 3.63) is 66.1 Å². The number of nitrogens with one attached hydrogen (secondary N) is 1. The number of nitrogens with zero attached hydrogens (tertiary/aromatic N) is 3. The first-order valence-electron chi connectivity index (χ1n) is 7.74. The first-order chi connectivity index (χ1) is 12.9. The van der Waals surface area contributed by atoms with E-state index in [1.165, 1.54) is 24.7 Å². The maximum atomic E-state index is 13.5. The Morgan fingerprint density at radius 3 is 2.59 bits per heavy atom. The number of furan rings is 2. The van der Waals surface area contributed by atoms with E-state index in [1.54, 1.807) is 18.2 Å². The third-order valence-corrected chi connectivity index (χ3v) is 3.73. The van der Waals surface area contributed by atoms with E-state index in [-0.39, 0.29) is 29.3 Å². The molecule has 0 aliphatic heterocycles. The summed E-state index contributed by atoms with van der Waals surface area (Å²) in [6.07, 6.45) is -1.92. The number of halogens is 3. The maximum Gasteiger partial charge on any atom is 0.433 e. The molecule has 0 saturated heterocycles. The van der Waals surface area contributed by atoms with E-state index in [0.717, 1.165) is 6.07 Å². The number of rotatable bonds is 4. The number of hydrogen-bond acceptors (Lipinski definition) is 5. The lowest BCUT2D eigenvalue weighted by molar-refractivity contribution is -0.142. The van der Waals surface area contributed by atoms with E-state index >= 15 is 0 Å². The largest absolute Gasteiger partial charge is 0.467 e. The van der Waals surface area contributed by atoms with Gasteiger partial charge in [-0.25, -0.2) is 9.50 Å². The summed E-state index contributed by atoms with van der Waals surface area (Å²) in [5.41, 5.74) is -1.40. The van der Waals surface area contributed by atoms with E-state index in [9.17, 15) is 18.0 Å². The summed E-state index contributed by atoms with van der Waals surface area (Å²) >= 11 is 0. The lowest BCUT2D eigenvalue weighted by Gasteiger charge is -2.09. The summed E-state index contributed by atoms with van der Waals surface area (Å²) in [6.45, 7) is 0.0803. The maximum absolute atomic E-state index is 13.5. The summed E-state index contributed by atoms with van der Waals surface area (Å²) in [4.78, 5) is 16.3. The minimum Gasteiger partial charge on any atom is -0.467 e. The molecular weight excluding hydrogens is 365 g/mol. The standard InChI is InChI=1S/C17H11F3N4O3/c18-17(19,20)14-7-11(13-4-2-6-27-13)22-15-8-12(23-24(14)15)16(25)21-9-10-3-1-5-26-10/h1-8H,9H2,(H,21,25). The van der Waals surface area contributed by atoms with Gasteiger partial charge in [0.2, 0.25) is 0 Å². The van der Waals surface area contributed by atoms with Gasteiger partial charge in [-0.05, 0) is 30.3 Å². The van der Waals surface area contributed by atoms with Crippen molar-refractivity contribution in [3.8, 4) is 11.5 Å². The fourth-order valence-corrected chi connectivity index (χ4v) is 2.51. The summed E-state index contributed by atoms with van der Waals surface area (Å²) in [5.74, 6) is 0.0268. The molecule has 0 unspecified atom stereocenters. The number of amides is 1. The lowest BCUT2D eigenvalue weighted by atomic mass is 10.2. The van der Waals surface area contributed by atoms with Gasteiger partial charge in [-0.15, -0.1) is 0 Å². The summed E-state index contributed by atoms with van der Waals surface area (Å²) in [6, 6.07) is 8.35. The quantitative estimate of drug-likeness (QED) is 0.589. The first-order valence-corrected chi connectivity index (χ1v) is 7.74. The van der Waals surface area contributed by atoms with Crippen molar-refractivity contribution in [1.82, 2.24) is 19.9 Å². The lowest BCUT2D eigenvalue weighted by Crippen LogP contribution is -2.23. The van der Waals surface area contributed by atoms with Gasteiger partial charge < -0.3 is 14.2 Å². The van der Waals surface area contributed by atoms with Crippen LogP contribution in [0.2, 0.25) is 0 Å². The number of carbonyl (C=O) groups excluding carboxylic acids is 1. The van der Waals surface area contributed by atoms with Gasteiger partial charge in [-0.1, -0.05) is 0 Å². The van der Waals surface area contributed by atoms with E-state index in [2.05, 4.69) is 15.4 Å². The highest BCUT2D eigenvalue weighted by Crippen LogP contribution is 2.32. The molecule has 0 aliphatic carbocycles. The third-order valence-electron chi connectivity index (χ3n) is 3.73. The Balaban J connectivity index is 1.73. The second kappa shape index (κ2) is 6.31. The van der Waals surface area contributed by atoms with Crippen LogP contribution >= 0.6 is 0 Å². The molecule has 0 spiro atoms. The Kier molecular flexibility index (Phi) is 3.94. The molecule has 4 aromatic rings. The SMILES string of the molecule is O=C(NCc1ccco1)c1cc2nc(-c3ccco3)cc(C(F)(F)F)n2n1. The Morgan fingerprint density at radius 2 is 1.93 bits per heavy atom. The molecular formula is C17H11F3N4O3. The van der Waals surface area contributed by atoms with Gasteiger partial charge in [0.1, 0.15) is 11.5 Å². The van der Waals surface area contributed by atoms with Crippen LogP contribution in [0.25, 0.3) is 17.1 Å². The van der Waals surface area contributed by atoms with Crippen molar-refractivity contribution in [2.75, 3.05) is 0 Å². The number of carbonyl (C=O) groups is 1. The molecule has 1 N–H and O–H groups in total. The van der Waals surface area contributed by atoms with Gasteiger partial charge in [0.25, 0.3) is 5.91 Å². The van der Waals surface area contributed by atoms with E-state index in [1.807, 2.05) is 0 Å². The molecule has 4 heterocycles. The predicted molar refractivity (Wildman–Crippen MR) is 85.6 cm³/mol. The van der Waals surface area contributed by atoms with Crippen molar-refractivity contribution in [3.63, 3.8) is 0 Å². The minimum absolute atomic E-state index is 0.0118. The Morgan fingerprint density at radius 1 is 1.15 bits per heavy atom. The predicted octanol–water partition coefficient (Wildman–Crippen LogP) is 3.53. The van der Waals surface area contributed by atoms with Crippen LogP contribution < -0.4 is 5.32 Å². The zero-order valence-electron chi connectivity index (χ0n) is 13.5. The Hall–Kier alpha value is -3.56. The zero-order chi connectivity index (χ0) is 19.0. The molecule has 7 nitrogen and oxygen atoms in total. The van der Waals surface area contributed by atoms with Crippen LogP contribution in [0, 0.1) is 0 Å². The minimum atomic E-state index is -4.70. The third kappa shape index (κ3) is 3.28. The highest BCUT2D eigenvalue weighted by atomic mass is 19.4. The number of hydrogen-bond donors (Lipinski definition) is 1. The molecule has 4 rings (SSSR count). The highest BCUT2D eigenvalue weighted by molar-refractivity contribution is 5.93. The summed E-state index contributed by atoms with van der Waals surface area (Å²) < 4.78 is 51.2. The number of alkyl halides is 3. The van der Waals surface area contributed by atoms with Crippen molar-refractivity contribution >= 4 is 11.6 Å². The van der Waals surface area contributed by atoms with Crippen LogP contribution in [0.15, 0.2) is 57.8 Å². The van der Waals surface area contributed by atoms with Crippen LogP contribution in [0.4, 0.5) is 13.2 Å². The highest BCUT2D eigenvalue weighted by Gasteiger charge is 2.36. The first kappa shape index (κ1) is 16.9. The normalized spacial score (nSPS) is 11.8. The molecule has 0 atom stereocenters. The second-order valence-electron chi connectivity index (χ2n) is 5.56. The van der Waals surface area contributed by atoms with Crippen molar-refractivity contribution < 1.29 is 26.8 Å². The smallest absolute Gasteiger partial charge is 0.433 e. The van der Waals surface area contributed by atoms with Crippen molar-refractivity contribution in [2.45, 2.75) is 12.7 Å². The second-order valence-corrected chi connectivity index (χ2v) is 5.56. The monoisotopic (exact) mass is 376 g/mol. The van der Waals surface area contributed by atoms with Crippen LogP contribution in [-0.2, 0) is 12.7 Å². The molecule has 10 heteroatoms. The fraction of sp³-hybridized carbons (Fsp3) is 0.118. The fourth-order valence-electron chi connectivity index (χ4n) is 2.51. The summed E-state index contributed by atoms with van der Waals surface area (Å²) in [7, 11) is 0. The van der Waals surface area contributed by atoms with Gasteiger partial charge in [-0.2, -0.15) is 18.3 Å². The zero-order valence-corrected chi connectivity index (χ0v) is 13.5. The molecule has 0 aromatic carbocycles. The average Bonchev–Trinajstić information content (AvgIpc) is 3.38. The van der Waals surface area contributed by atoms with Gasteiger partial charge in [0, 0.05) is 6.07 Å². The Bertz CT molecular complexity index is 1080.